The Morgan fingerprint density at radius 3 is 2.00 bits per heavy atom. The van der Waals surface area contributed by atoms with Crippen LogP contribution in [0, 0.1) is 23.2 Å². The number of hydrogen-bond acceptors (Lipinski definition) is 6. The van der Waals surface area contributed by atoms with Crippen molar-refractivity contribution in [2.24, 2.45) is 23.2 Å². The molecule has 0 heterocycles. The molecule has 0 aromatic heterocycles. The molecular formula is C40H68N4O6. The molecule has 0 saturated heterocycles. The molecule has 50 heavy (non-hydrogen) atoms. The zero-order valence-corrected chi connectivity index (χ0v) is 32.4. The fourth-order valence-electron chi connectivity index (χ4n) is 6.47. The molecule has 1 aromatic carbocycles. The van der Waals surface area contributed by atoms with Crippen LogP contribution < -0.4 is 21.3 Å². The van der Waals surface area contributed by atoms with Crippen LogP contribution in [0.5, 0.6) is 0 Å². The number of benzene rings is 1. The lowest BCUT2D eigenvalue weighted by Crippen LogP contribution is -2.57. The number of carbonyl (C=O) groups is 4. The Hall–Kier alpha value is -3.14. The molecule has 0 radical (unpaired) electrons. The van der Waals surface area contributed by atoms with Crippen LogP contribution in [0.2, 0.25) is 0 Å². The fraction of sp³-hybridized carbons (Fsp3) is 0.750. The van der Waals surface area contributed by atoms with E-state index >= 15 is 0 Å². The number of amides is 4. The van der Waals surface area contributed by atoms with Crippen LogP contribution in [0.3, 0.4) is 0 Å². The van der Waals surface area contributed by atoms with Crippen LogP contribution in [-0.4, -0.2) is 65.3 Å². The summed E-state index contributed by atoms with van der Waals surface area (Å²) in [5, 5.41) is 23.5. The van der Waals surface area contributed by atoms with E-state index in [2.05, 4.69) is 42.0 Å². The largest absolute Gasteiger partial charge is 0.444 e. The lowest BCUT2D eigenvalue weighted by Gasteiger charge is -2.34. The summed E-state index contributed by atoms with van der Waals surface area (Å²) in [4.78, 5) is 53.8. The van der Waals surface area contributed by atoms with E-state index in [9.17, 15) is 24.3 Å². The van der Waals surface area contributed by atoms with Crippen molar-refractivity contribution < 1.29 is 29.0 Å². The highest BCUT2D eigenvalue weighted by atomic mass is 16.6. The maximum atomic E-state index is 14.0. The van der Waals surface area contributed by atoms with E-state index in [0.717, 1.165) is 31.2 Å². The van der Waals surface area contributed by atoms with E-state index in [1.54, 1.807) is 20.8 Å². The summed E-state index contributed by atoms with van der Waals surface area (Å²) in [6.45, 7) is 17.9. The van der Waals surface area contributed by atoms with Gasteiger partial charge in [0.1, 0.15) is 17.7 Å². The highest BCUT2D eigenvalue weighted by molar-refractivity contribution is 5.91. The minimum atomic E-state index is -0.945. The van der Waals surface area contributed by atoms with Crippen molar-refractivity contribution in [1.29, 1.82) is 0 Å². The average Bonchev–Trinajstić information content (AvgIpc) is 3.03. The average molecular weight is 701 g/mol. The zero-order chi connectivity index (χ0) is 37.5. The van der Waals surface area contributed by atoms with E-state index in [1.165, 1.54) is 6.42 Å². The third-order valence-electron chi connectivity index (χ3n) is 9.32. The van der Waals surface area contributed by atoms with Gasteiger partial charge in [-0.1, -0.05) is 110 Å². The Balaban J connectivity index is 2.25. The number of hydrogen-bond donors (Lipinski definition) is 5. The van der Waals surface area contributed by atoms with Crippen molar-refractivity contribution in [2.75, 3.05) is 6.54 Å². The number of aliphatic hydroxyl groups excluding tert-OH is 1. The highest BCUT2D eigenvalue weighted by Crippen LogP contribution is 2.30. The molecular weight excluding hydrogens is 632 g/mol. The van der Waals surface area contributed by atoms with Gasteiger partial charge in [0.25, 0.3) is 0 Å². The van der Waals surface area contributed by atoms with Crippen LogP contribution in [0.25, 0.3) is 0 Å². The zero-order valence-electron chi connectivity index (χ0n) is 32.4. The van der Waals surface area contributed by atoms with E-state index in [0.29, 0.717) is 44.6 Å². The summed E-state index contributed by atoms with van der Waals surface area (Å²) < 4.78 is 5.45. The molecule has 10 heteroatoms. The number of alkyl carbamates (subject to hydrolysis) is 1. The smallest absolute Gasteiger partial charge is 0.408 e. The molecule has 1 aliphatic carbocycles. The lowest BCUT2D eigenvalue weighted by atomic mass is 9.81. The van der Waals surface area contributed by atoms with Crippen LogP contribution in [0.15, 0.2) is 30.3 Å². The molecule has 2 rings (SSSR count). The van der Waals surface area contributed by atoms with Gasteiger partial charge in [-0.3, -0.25) is 14.4 Å². The Bertz CT molecular complexity index is 1190. The fourth-order valence-corrected chi connectivity index (χ4v) is 6.47. The molecule has 284 valence electrons. The molecule has 1 aliphatic rings. The van der Waals surface area contributed by atoms with Gasteiger partial charge in [0.15, 0.2) is 0 Å². The minimum Gasteiger partial charge on any atom is -0.444 e. The Morgan fingerprint density at radius 2 is 1.44 bits per heavy atom. The number of ether oxygens (including phenoxy) is 1. The van der Waals surface area contributed by atoms with Gasteiger partial charge in [-0.05, 0) is 75.7 Å². The van der Waals surface area contributed by atoms with E-state index in [1.807, 2.05) is 51.1 Å². The number of carbonyl (C=O) groups excluding carboxylic acids is 4. The third kappa shape index (κ3) is 16.7. The van der Waals surface area contributed by atoms with Crippen molar-refractivity contribution in [1.82, 2.24) is 21.3 Å². The maximum Gasteiger partial charge on any atom is 0.408 e. The standard InChI is InChI=1S/C40H68N4O6/c1-10-17-31(42-37(48)32(44-38(49)50-40(7,8)9)23-22-28-18-13-11-14-19-28)36(47)43-33(24-29-20-15-12-16-21-29)34(45)25-30(27(2)3)35(46)41-26-39(4,5)6/h11,13-14,18-19,27,29-34,45H,10,12,15-17,20-26H2,1-9H3,(H,41,46)(H,42,48)(H,43,47)(H,44,49)/t30-,31-,32-,33-,34-/m0/s1. The molecule has 0 spiro atoms. The minimum absolute atomic E-state index is 0.00642. The van der Waals surface area contributed by atoms with Gasteiger partial charge in [0.2, 0.25) is 17.7 Å². The monoisotopic (exact) mass is 701 g/mol. The number of aliphatic hydroxyl groups is 1. The van der Waals surface area contributed by atoms with Crippen molar-refractivity contribution in [3.8, 4) is 0 Å². The SMILES string of the molecule is CCC[C@H](NC(=O)[C@H](CCc1ccccc1)NC(=O)OC(C)(C)C)C(=O)N[C@@H](CC1CCCCC1)[C@@H](O)C[C@H](C(=O)NCC(C)(C)C)C(C)C. The van der Waals surface area contributed by atoms with Gasteiger partial charge in [-0.15, -0.1) is 0 Å². The quantitative estimate of drug-likeness (QED) is 0.119. The summed E-state index contributed by atoms with van der Waals surface area (Å²) in [7, 11) is 0. The normalized spacial score (nSPS) is 17.2. The summed E-state index contributed by atoms with van der Waals surface area (Å²) in [6.07, 6.45) is 6.53. The molecule has 0 bridgehead atoms. The first-order valence-electron chi connectivity index (χ1n) is 19.0. The summed E-state index contributed by atoms with van der Waals surface area (Å²) in [6, 6.07) is 7.32. The van der Waals surface area contributed by atoms with Crippen LogP contribution in [0.1, 0.15) is 132 Å². The van der Waals surface area contributed by atoms with Crippen LogP contribution in [-0.2, 0) is 25.5 Å². The van der Waals surface area contributed by atoms with E-state index in [4.69, 9.17) is 4.74 Å². The molecule has 5 N–H and O–H groups in total. The predicted molar refractivity (Wildman–Crippen MR) is 199 cm³/mol. The second-order valence-corrected chi connectivity index (χ2v) is 16.9. The lowest BCUT2D eigenvalue weighted by molar-refractivity contribution is -0.131. The molecule has 0 aliphatic heterocycles. The van der Waals surface area contributed by atoms with Gasteiger partial charge < -0.3 is 31.1 Å². The van der Waals surface area contributed by atoms with Crippen molar-refractivity contribution in [2.45, 2.75) is 163 Å². The Labute approximate surface area is 302 Å². The van der Waals surface area contributed by atoms with Crippen molar-refractivity contribution >= 4 is 23.8 Å². The Morgan fingerprint density at radius 1 is 0.840 bits per heavy atom. The molecule has 10 nitrogen and oxygen atoms in total. The van der Waals surface area contributed by atoms with Gasteiger partial charge in [-0.25, -0.2) is 4.79 Å². The summed E-state index contributed by atoms with van der Waals surface area (Å²) >= 11 is 0. The molecule has 1 fully saturated rings. The molecule has 4 amide bonds. The second kappa shape index (κ2) is 20.6. The Kier molecular flexibility index (Phi) is 17.8. The van der Waals surface area contributed by atoms with Crippen molar-refractivity contribution in [3.63, 3.8) is 0 Å². The topological polar surface area (TPSA) is 146 Å². The number of nitrogens with one attached hydrogen (secondary N) is 4. The molecule has 1 aromatic rings. The summed E-state index contributed by atoms with van der Waals surface area (Å²) in [5.41, 5.74) is 0.200. The third-order valence-corrected chi connectivity index (χ3v) is 9.32. The van der Waals surface area contributed by atoms with Crippen molar-refractivity contribution in [3.05, 3.63) is 35.9 Å². The van der Waals surface area contributed by atoms with Gasteiger partial charge in [0, 0.05) is 12.5 Å². The van der Waals surface area contributed by atoms with Gasteiger partial charge in [0.05, 0.1) is 12.1 Å². The van der Waals surface area contributed by atoms with E-state index < -0.39 is 47.7 Å². The van der Waals surface area contributed by atoms with Gasteiger partial charge >= 0.3 is 6.09 Å². The second-order valence-electron chi connectivity index (χ2n) is 16.9. The highest BCUT2D eigenvalue weighted by Gasteiger charge is 2.34. The molecule has 1 saturated carbocycles. The van der Waals surface area contributed by atoms with Crippen LogP contribution >= 0.6 is 0 Å². The molecule has 0 unspecified atom stereocenters. The van der Waals surface area contributed by atoms with E-state index in [-0.39, 0.29) is 29.6 Å². The number of aryl methyl sites for hydroxylation is 1. The molecule has 5 atom stereocenters. The first kappa shape index (κ1) is 43.0. The number of rotatable bonds is 18. The van der Waals surface area contributed by atoms with Gasteiger partial charge in [-0.2, -0.15) is 0 Å². The first-order chi connectivity index (χ1) is 23.4. The maximum absolute atomic E-state index is 14.0. The summed E-state index contributed by atoms with van der Waals surface area (Å²) in [5.74, 6) is -1.01. The first-order valence-corrected chi connectivity index (χ1v) is 19.0. The predicted octanol–water partition coefficient (Wildman–Crippen LogP) is 6.44. The van der Waals surface area contributed by atoms with Crippen LogP contribution in [0.4, 0.5) is 4.79 Å².